The van der Waals surface area contributed by atoms with Crippen LogP contribution >= 0.6 is 11.8 Å². The molecule has 0 radical (unpaired) electrons. The molecular weight excluding hydrogens is 760 g/mol. The molecule has 21 heteroatoms. The molecule has 5 rings (SSSR count). The number of amides is 6. The Hall–Kier alpha value is -6.51. The number of aliphatic carboxylic acids is 1. The van der Waals surface area contributed by atoms with E-state index in [4.69, 9.17) is 14.2 Å². The third kappa shape index (κ3) is 6.95. The molecule has 6 amide bonds. The molecule has 4 N–H and O–H groups in total. The molecule has 0 spiro atoms. The van der Waals surface area contributed by atoms with Gasteiger partial charge in [0.1, 0.15) is 18.0 Å². The highest BCUT2D eigenvalue weighted by Crippen LogP contribution is 2.54. The summed E-state index contributed by atoms with van der Waals surface area (Å²) in [6.45, 7) is 4.46. The van der Waals surface area contributed by atoms with Crippen LogP contribution in [0.15, 0.2) is 48.5 Å². The topological polar surface area (TPSA) is 264 Å². The number of nitrogens with one attached hydrogen (secondary N) is 3. The van der Waals surface area contributed by atoms with Crippen molar-refractivity contribution in [3.05, 3.63) is 59.7 Å². The zero-order valence-electron chi connectivity index (χ0n) is 30.3. The Labute approximate surface area is 322 Å². The molecule has 56 heavy (non-hydrogen) atoms. The summed E-state index contributed by atoms with van der Waals surface area (Å²) in [5.41, 5.74) is -5.03. The first-order valence-corrected chi connectivity index (χ1v) is 17.7. The van der Waals surface area contributed by atoms with E-state index in [1.165, 1.54) is 48.2 Å². The molecule has 3 saturated heterocycles. The molecule has 0 aliphatic carbocycles. The Kier molecular flexibility index (Phi) is 11.4. The van der Waals surface area contributed by atoms with E-state index in [1.807, 2.05) is 0 Å². The van der Waals surface area contributed by atoms with Gasteiger partial charge < -0.3 is 45.1 Å². The number of β-lactam (4-membered cyclic amide) rings is 1. The van der Waals surface area contributed by atoms with Crippen LogP contribution in [-0.4, -0.2) is 128 Å². The smallest absolute Gasteiger partial charge is 0.338 e. The number of benzene rings is 2. The van der Waals surface area contributed by atoms with Crippen molar-refractivity contribution in [2.24, 2.45) is 0 Å². The Bertz CT molecular complexity index is 2020. The Morgan fingerprint density at radius 3 is 2.20 bits per heavy atom. The van der Waals surface area contributed by atoms with Crippen molar-refractivity contribution in [3.8, 4) is 11.5 Å². The van der Waals surface area contributed by atoms with Crippen molar-refractivity contribution in [2.75, 3.05) is 26.2 Å². The van der Waals surface area contributed by atoms with Gasteiger partial charge in [-0.25, -0.2) is 9.59 Å². The monoisotopic (exact) mass is 796 g/mol. The maximum atomic E-state index is 14.7. The second-order valence-corrected chi connectivity index (χ2v) is 14.5. The lowest BCUT2D eigenvalue weighted by atomic mass is 9.89. The zero-order valence-corrected chi connectivity index (χ0v) is 31.1. The van der Waals surface area contributed by atoms with E-state index in [0.717, 1.165) is 41.5 Å². The lowest BCUT2D eigenvalue weighted by Gasteiger charge is -2.54. The van der Waals surface area contributed by atoms with Gasteiger partial charge in [0.25, 0.3) is 11.8 Å². The number of carboxylic acid groups (broad SMARTS) is 1. The average Bonchev–Trinajstić information content (AvgIpc) is 3.45. The largest absolute Gasteiger partial charge is 0.480 e. The molecule has 0 saturated carbocycles. The van der Waals surface area contributed by atoms with Crippen LogP contribution in [0.3, 0.4) is 0 Å². The standard InChI is InChI=1S/C35H36N6O14S/c1-5-39-13-14-40(27(47)26(39)46)35(37-18-43,22-9-7-6-8-10-22)30(51)38-34(36-17-42)31(52)41-25(28(48)49)33(4,56-32(34)41)16-53-29(50)21-11-12-23(54-19(2)44)24(15-21)55-20(3)45/h6-12,15,17-18,25,32H,5,13-14,16H2,1-4H3,(H,36,42)(H,37,43)(H,38,51)(H,48,49)/t25?,32-,33-,34+,35+/m0/s1. The van der Waals surface area contributed by atoms with Crippen LogP contribution in [0, 0.1) is 0 Å². The number of hydrogen-bond acceptors (Lipinski definition) is 14. The molecule has 296 valence electrons. The quantitative estimate of drug-likeness (QED) is 0.0406. The molecule has 3 aliphatic heterocycles. The number of thioether (sulfide) groups is 1. The van der Waals surface area contributed by atoms with Crippen molar-refractivity contribution in [3.63, 3.8) is 0 Å². The first kappa shape index (κ1) is 40.7. The molecule has 0 aromatic heterocycles. The number of esters is 3. The van der Waals surface area contributed by atoms with Crippen molar-refractivity contribution < 1.29 is 67.3 Å². The van der Waals surface area contributed by atoms with Gasteiger partial charge in [-0.3, -0.25) is 43.3 Å². The summed E-state index contributed by atoms with van der Waals surface area (Å²) in [7, 11) is 0. The first-order chi connectivity index (χ1) is 26.5. The number of carbonyl (C=O) groups is 10. The number of hydrogen-bond donors (Lipinski definition) is 4. The highest BCUT2D eigenvalue weighted by atomic mass is 32.2. The van der Waals surface area contributed by atoms with Crippen molar-refractivity contribution in [1.82, 2.24) is 30.7 Å². The predicted octanol–water partition coefficient (Wildman–Crippen LogP) is -1.33. The fourth-order valence-corrected chi connectivity index (χ4v) is 8.52. The Morgan fingerprint density at radius 2 is 1.61 bits per heavy atom. The molecule has 2 aromatic rings. The van der Waals surface area contributed by atoms with Crippen LogP contribution in [0.2, 0.25) is 0 Å². The number of ether oxygens (including phenoxy) is 3. The van der Waals surface area contributed by atoms with Gasteiger partial charge in [-0.15, -0.1) is 11.8 Å². The number of rotatable bonds is 15. The highest BCUT2D eigenvalue weighted by molar-refractivity contribution is 8.01. The second kappa shape index (κ2) is 15.7. The molecule has 0 bridgehead atoms. The Morgan fingerprint density at radius 1 is 0.946 bits per heavy atom. The molecule has 3 heterocycles. The third-order valence-corrected chi connectivity index (χ3v) is 11.0. The van der Waals surface area contributed by atoms with E-state index in [9.17, 15) is 53.1 Å². The zero-order chi connectivity index (χ0) is 41.2. The van der Waals surface area contributed by atoms with Crippen LogP contribution in [0.5, 0.6) is 11.5 Å². The number of carbonyl (C=O) groups excluding carboxylic acids is 9. The maximum Gasteiger partial charge on any atom is 0.338 e. The van der Waals surface area contributed by atoms with E-state index in [2.05, 4.69) is 16.0 Å². The second-order valence-electron chi connectivity index (χ2n) is 12.9. The normalized spacial score (nSPS) is 23.8. The van der Waals surface area contributed by atoms with Gasteiger partial charge in [0, 0.05) is 39.0 Å². The number of piperazine rings is 1. The number of carboxylic acids is 1. The van der Waals surface area contributed by atoms with Crippen LogP contribution in [-0.2, 0) is 53.6 Å². The molecule has 20 nitrogen and oxygen atoms in total. The van der Waals surface area contributed by atoms with Crippen molar-refractivity contribution >= 4 is 72.1 Å². The average molecular weight is 797 g/mol. The minimum atomic E-state index is -2.46. The summed E-state index contributed by atoms with van der Waals surface area (Å²) in [5, 5.41) is 16.1. The minimum Gasteiger partial charge on any atom is -0.480 e. The van der Waals surface area contributed by atoms with Crippen LogP contribution < -0.4 is 25.4 Å². The van der Waals surface area contributed by atoms with Crippen LogP contribution in [0.1, 0.15) is 43.6 Å². The Balaban J connectivity index is 1.47. The number of nitrogens with zero attached hydrogens (tertiary/aromatic N) is 3. The summed E-state index contributed by atoms with van der Waals surface area (Å²) >= 11 is 0.762. The molecule has 3 aliphatic rings. The summed E-state index contributed by atoms with van der Waals surface area (Å²) in [4.78, 5) is 132. The highest BCUT2D eigenvalue weighted by Gasteiger charge is 2.74. The molecular formula is C35H36N6O14S. The molecule has 2 aromatic carbocycles. The van der Waals surface area contributed by atoms with Gasteiger partial charge in [0.15, 0.2) is 11.5 Å². The van der Waals surface area contributed by atoms with Gasteiger partial charge >= 0.3 is 35.7 Å². The van der Waals surface area contributed by atoms with E-state index in [0.29, 0.717) is 0 Å². The fourth-order valence-electron chi connectivity index (χ4n) is 6.81. The molecule has 1 unspecified atom stereocenters. The third-order valence-electron chi connectivity index (χ3n) is 9.32. The SMILES string of the molecule is CCN1CCN([C@@](NC=O)(C(=O)N[C@]2(NC=O)C(=O)N3C(C(=O)O)[C@](C)(COC(=O)c4ccc(OC(C)=O)c(OC(C)=O)c4)S[C@H]32)c2ccccc2)C(=O)C1=O. The van der Waals surface area contributed by atoms with Crippen molar-refractivity contribution in [2.45, 2.75) is 55.2 Å². The fraction of sp³-hybridized carbons (Fsp3) is 0.371. The lowest BCUT2D eigenvalue weighted by Crippen LogP contribution is -2.86. The van der Waals surface area contributed by atoms with E-state index >= 15 is 0 Å². The van der Waals surface area contributed by atoms with Gasteiger partial charge in [-0.05, 0) is 32.0 Å². The van der Waals surface area contributed by atoms with E-state index < -0.39 is 81.6 Å². The van der Waals surface area contributed by atoms with Gasteiger partial charge in [0.05, 0.1) is 10.3 Å². The van der Waals surface area contributed by atoms with E-state index in [-0.39, 0.29) is 55.1 Å². The summed E-state index contributed by atoms with van der Waals surface area (Å²) in [5.74, 6) is -8.99. The summed E-state index contributed by atoms with van der Waals surface area (Å²) in [6.07, 6.45) is 0.217. The first-order valence-electron chi connectivity index (χ1n) is 16.8. The van der Waals surface area contributed by atoms with Gasteiger partial charge in [-0.1, -0.05) is 30.3 Å². The number of likely N-dealkylation sites (N-methyl/N-ethyl adjacent to an activating group) is 1. The van der Waals surface area contributed by atoms with E-state index in [1.54, 1.807) is 13.0 Å². The van der Waals surface area contributed by atoms with Crippen molar-refractivity contribution in [1.29, 1.82) is 0 Å². The van der Waals surface area contributed by atoms with Gasteiger partial charge in [-0.2, -0.15) is 0 Å². The summed E-state index contributed by atoms with van der Waals surface area (Å²) in [6, 6.07) is 9.11. The van der Waals surface area contributed by atoms with Gasteiger partial charge in [0.2, 0.25) is 24.1 Å². The minimum absolute atomic E-state index is 0.00225. The van der Waals surface area contributed by atoms with Crippen LogP contribution in [0.25, 0.3) is 0 Å². The van der Waals surface area contributed by atoms with Crippen LogP contribution in [0.4, 0.5) is 0 Å². The molecule has 3 fully saturated rings. The lowest BCUT2D eigenvalue weighted by molar-refractivity contribution is -0.176. The summed E-state index contributed by atoms with van der Waals surface area (Å²) < 4.78 is 13.9. The molecule has 5 atom stereocenters. The number of fused-ring (bicyclic) bond motifs is 1. The maximum absolute atomic E-state index is 14.7. The predicted molar refractivity (Wildman–Crippen MR) is 189 cm³/mol.